The molecule has 0 bridgehead atoms. The van der Waals surface area contributed by atoms with Gasteiger partial charge in [0.2, 0.25) is 12.1 Å². The molecule has 2 aromatic carbocycles. The van der Waals surface area contributed by atoms with Crippen LogP contribution in [0.3, 0.4) is 0 Å². The Morgan fingerprint density at radius 3 is 2.44 bits per heavy atom. The molecule has 0 fully saturated rings. The fourth-order valence-corrected chi connectivity index (χ4v) is 4.51. The van der Waals surface area contributed by atoms with Crippen LogP contribution in [-0.4, -0.2) is 47.2 Å². The highest BCUT2D eigenvalue weighted by Gasteiger charge is 2.31. The molecule has 5 rings (SSSR count). The third kappa shape index (κ3) is 6.49. The summed E-state index contributed by atoms with van der Waals surface area (Å²) < 4.78 is 141. The topological polar surface area (TPSA) is 132 Å². The van der Waals surface area contributed by atoms with Crippen LogP contribution < -0.4 is 15.4 Å². The Hall–Kier alpha value is -5.27. The number of fused-ring (bicyclic) bond motifs is 1. The van der Waals surface area contributed by atoms with E-state index in [0.29, 0.717) is 6.39 Å². The first kappa shape index (κ1) is 21.4. The lowest BCUT2D eigenvalue weighted by Gasteiger charge is -2.23. The quantitative estimate of drug-likeness (QED) is 0.183. The molecule has 14 heteroatoms. The van der Waals surface area contributed by atoms with Crippen LogP contribution in [0.15, 0.2) is 63.9 Å². The number of alkyl halides is 3. The maximum absolute atomic E-state index is 14.0. The minimum Gasteiger partial charge on any atom is -0.496 e. The molecule has 5 aromatic rings. The van der Waals surface area contributed by atoms with Crippen LogP contribution in [0, 0.1) is 5.82 Å². The first-order valence-electron chi connectivity index (χ1n) is 17.4. The number of benzene rings is 2. The van der Waals surface area contributed by atoms with Crippen LogP contribution in [0.4, 0.5) is 17.6 Å². The standard InChI is InChI=1S/C31H27F4N5O5/c1-30(2,29-37-15-44-40-29)39-26(41)20-13-17(7-10-23(20)43-4)19-14-21-24(27(42)36-3)25(16-5-8-18(32)9-6-16)45-28(21)38-22(19)11-12-31(33,34)35/h5-10,13-15H,11-12H2,1-4H3,(H,36,42)(H,39,41)/i1D3,2D3,4D3. The van der Waals surface area contributed by atoms with E-state index in [1.54, 1.807) is 0 Å². The largest absolute Gasteiger partial charge is 0.496 e. The number of nitrogens with zero attached hydrogens (tertiary/aromatic N) is 3. The number of nitrogens with one attached hydrogen (secondary N) is 2. The molecule has 234 valence electrons. The third-order valence-electron chi connectivity index (χ3n) is 6.61. The highest BCUT2D eigenvalue weighted by molar-refractivity contribution is 6.11. The van der Waals surface area contributed by atoms with E-state index in [4.69, 9.17) is 21.5 Å². The monoisotopic (exact) mass is 634 g/mol. The fourth-order valence-electron chi connectivity index (χ4n) is 4.51. The first-order valence-corrected chi connectivity index (χ1v) is 12.9. The van der Waals surface area contributed by atoms with Gasteiger partial charge < -0.3 is 24.3 Å². The van der Waals surface area contributed by atoms with Crippen LogP contribution in [-0.2, 0) is 12.0 Å². The van der Waals surface area contributed by atoms with Crippen molar-refractivity contribution in [2.75, 3.05) is 14.1 Å². The molecule has 3 heterocycles. The summed E-state index contributed by atoms with van der Waals surface area (Å²) in [5.41, 5.74) is -4.87. The number of amides is 2. The summed E-state index contributed by atoms with van der Waals surface area (Å²) in [6, 6.07) is 9.02. The van der Waals surface area contributed by atoms with Crippen molar-refractivity contribution in [3.05, 3.63) is 83.4 Å². The van der Waals surface area contributed by atoms with E-state index in [2.05, 4.69) is 25.0 Å². The number of halogens is 4. The molecular weight excluding hydrogens is 598 g/mol. The van der Waals surface area contributed by atoms with E-state index in [1.165, 1.54) is 25.2 Å². The zero-order valence-corrected chi connectivity index (χ0v) is 23.0. The normalized spacial score (nSPS) is 15.7. The molecule has 2 amide bonds. The van der Waals surface area contributed by atoms with Crippen molar-refractivity contribution in [1.29, 1.82) is 0 Å². The van der Waals surface area contributed by atoms with Gasteiger partial charge in [0.1, 0.15) is 17.3 Å². The number of aryl methyl sites for hydroxylation is 1. The predicted octanol–water partition coefficient (Wildman–Crippen LogP) is 6.21. The van der Waals surface area contributed by atoms with Crippen LogP contribution in [0.2, 0.25) is 0 Å². The number of hydrogen-bond acceptors (Lipinski definition) is 8. The average molecular weight is 635 g/mol. The number of carbonyl (C=O) groups excluding carboxylic acids is 2. The molecular formula is C31H27F4N5O5. The molecule has 0 radical (unpaired) electrons. The van der Waals surface area contributed by atoms with Gasteiger partial charge in [-0.3, -0.25) is 9.59 Å². The van der Waals surface area contributed by atoms with Crippen LogP contribution in [0.5, 0.6) is 5.75 Å². The fraction of sp³-hybridized carbons (Fsp3) is 0.258. The maximum Gasteiger partial charge on any atom is 0.389 e. The highest BCUT2D eigenvalue weighted by atomic mass is 19.4. The Morgan fingerprint density at radius 2 is 1.80 bits per heavy atom. The summed E-state index contributed by atoms with van der Waals surface area (Å²) in [5, 5.41) is 7.66. The van der Waals surface area contributed by atoms with Gasteiger partial charge in [-0.2, -0.15) is 18.2 Å². The minimum atomic E-state index is -4.69. The first-order chi connectivity index (χ1) is 25.0. The van der Waals surface area contributed by atoms with E-state index < -0.39 is 80.1 Å². The number of carbonyl (C=O) groups is 2. The van der Waals surface area contributed by atoms with Crippen LogP contribution >= 0.6 is 0 Å². The van der Waals surface area contributed by atoms with Crippen molar-refractivity contribution in [2.45, 2.75) is 38.3 Å². The lowest BCUT2D eigenvalue weighted by Crippen LogP contribution is -2.42. The molecule has 0 aliphatic heterocycles. The summed E-state index contributed by atoms with van der Waals surface area (Å²) in [7, 11) is -1.92. The molecule has 0 aliphatic carbocycles. The molecule has 0 unspecified atom stereocenters. The molecule has 2 N–H and O–H groups in total. The van der Waals surface area contributed by atoms with Gasteiger partial charge in [0.15, 0.2) is 5.82 Å². The van der Waals surface area contributed by atoms with E-state index in [0.717, 1.165) is 30.3 Å². The summed E-state index contributed by atoms with van der Waals surface area (Å²) in [5.74, 6) is -4.67. The molecule has 45 heavy (non-hydrogen) atoms. The minimum absolute atomic E-state index is 0.0332. The van der Waals surface area contributed by atoms with Crippen molar-refractivity contribution < 1.29 is 53.2 Å². The van der Waals surface area contributed by atoms with E-state index in [1.807, 2.05) is 5.32 Å². The van der Waals surface area contributed by atoms with Gasteiger partial charge in [0.25, 0.3) is 11.8 Å². The number of ether oxygens (including phenoxy) is 1. The van der Waals surface area contributed by atoms with Gasteiger partial charge in [-0.1, -0.05) is 11.2 Å². The Balaban J connectivity index is 1.77. The molecule has 0 atom stereocenters. The molecule has 0 saturated heterocycles. The number of pyridine rings is 1. The third-order valence-corrected chi connectivity index (χ3v) is 6.61. The average Bonchev–Trinajstić information content (AvgIpc) is 3.72. The SMILES string of the molecule is [2H]C([2H])([2H])Oc1ccc(-c2cc3c(C(=O)NC)c(-c4ccc(F)cc4)oc3nc2CCC(F)(F)F)cc1C(=O)NC(c1ncon1)(C([2H])([2H])[2H])C([2H])([2H])[2H]. The lowest BCUT2D eigenvalue weighted by molar-refractivity contribution is -0.134. The van der Waals surface area contributed by atoms with E-state index in [-0.39, 0.29) is 44.8 Å². The van der Waals surface area contributed by atoms with Crippen molar-refractivity contribution >= 4 is 22.9 Å². The number of aromatic nitrogens is 3. The van der Waals surface area contributed by atoms with Crippen LogP contribution in [0.25, 0.3) is 33.6 Å². The van der Waals surface area contributed by atoms with Gasteiger partial charge in [-0.15, -0.1) is 0 Å². The number of hydrogen-bond donors (Lipinski definition) is 2. The summed E-state index contributed by atoms with van der Waals surface area (Å²) in [6.45, 7) is -7.19. The second-order valence-electron chi connectivity index (χ2n) is 9.61. The Labute approximate surface area is 266 Å². The molecule has 0 saturated carbocycles. The number of methoxy groups -OCH3 is 1. The summed E-state index contributed by atoms with van der Waals surface area (Å²) in [6.07, 6.45) is -6.24. The zero-order valence-electron chi connectivity index (χ0n) is 32.0. The Morgan fingerprint density at radius 1 is 1.04 bits per heavy atom. The van der Waals surface area contributed by atoms with E-state index in [9.17, 15) is 27.2 Å². The van der Waals surface area contributed by atoms with Crippen molar-refractivity contribution in [2.24, 2.45) is 0 Å². The van der Waals surface area contributed by atoms with Crippen molar-refractivity contribution in [1.82, 2.24) is 25.8 Å². The van der Waals surface area contributed by atoms with Crippen molar-refractivity contribution in [3.63, 3.8) is 0 Å². The molecule has 3 aromatic heterocycles. The second-order valence-corrected chi connectivity index (χ2v) is 9.61. The predicted molar refractivity (Wildman–Crippen MR) is 154 cm³/mol. The van der Waals surface area contributed by atoms with E-state index >= 15 is 0 Å². The Kier molecular flexibility index (Phi) is 5.72. The summed E-state index contributed by atoms with van der Waals surface area (Å²) in [4.78, 5) is 35.1. The Bertz CT molecular complexity index is 2170. The number of rotatable bonds is 9. The maximum atomic E-state index is 14.0. The van der Waals surface area contributed by atoms with Crippen molar-refractivity contribution in [3.8, 4) is 28.2 Å². The molecule has 0 aliphatic rings. The second kappa shape index (κ2) is 12.0. The lowest BCUT2D eigenvalue weighted by atomic mass is 9.96. The van der Waals surface area contributed by atoms with Crippen LogP contribution in [0.1, 0.15) is 64.7 Å². The summed E-state index contributed by atoms with van der Waals surface area (Å²) >= 11 is 0. The molecule has 10 nitrogen and oxygen atoms in total. The molecule has 0 spiro atoms. The van der Waals surface area contributed by atoms with Gasteiger partial charge in [-0.25, -0.2) is 9.37 Å². The van der Waals surface area contributed by atoms with Gasteiger partial charge >= 0.3 is 6.18 Å². The van der Waals surface area contributed by atoms with Gasteiger partial charge in [0, 0.05) is 32.8 Å². The number of furan rings is 1. The smallest absolute Gasteiger partial charge is 0.389 e. The van der Waals surface area contributed by atoms with Gasteiger partial charge in [0.05, 0.1) is 38.9 Å². The van der Waals surface area contributed by atoms with Gasteiger partial charge in [-0.05, 0) is 68.2 Å². The zero-order chi connectivity index (χ0) is 40.0. The highest BCUT2D eigenvalue weighted by Crippen LogP contribution is 2.38.